The zero-order chi connectivity index (χ0) is 15.0. The second-order valence-corrected chi connectivity index (χ2v) is 7.03. The molecule has 0 saturated heterocycles. The highest BCUT2D eigenvalue weighted by atomic mass is 32.2. The van der Waals surface area contributed by atoms with Crippen LogP contribution in [0.5, 0.6) is 0 Å². The van der Waals surface area contributed by atoms with Crippen molar-refractivity contribution in [2.24, 2.45) is 0 Å². The van der Waals surface area contributed by atoms with Crippen LogP contribution in [0.2, 0.25) is 0 Å². The molecular weight excluding hydrogens is 288 g/mol. The fraction of sp³-hybridized carbons (Fsp3) is 0.357. The average Bonchev–Trinajstić information content (AvgIpc) is 2.97. The Morgan fingerprint density at radius 3 is 2.95 bits per heavy atom. The summed E-state index contributed by atoms with van der Waals surface area (Å²) in [6, 6.07) is 5.71. The van der Waals surface area contributed by atoms with Crippen LogP contribution in [0, 0.1) is 0 Å². The number of aromatic amines is 1. The summed E-state index contributed by atoms with van der Waals surface area (Å²) >= 11 is 0. The fourth-order valence-corrected chi connectivity index (χ4v) is 3.92. The summed E-state index contributed by atoms with van der Waals surface area (Å²) in [6.45, 7) is 2.69. The first kappa shape index (κ1) is 14.1. The molecule has 1 aliphatic heterocycles. The first-order valence-electron chi connectivity index (χ1n) is 6.92. The monoisotopic (exact) mass is 306 g/mol. The molecule has 0 fully saturated rings. The number of nitrogens with two attached hydrogens (primary N) is 1. The molecule has 7 heteroatoms. The van der Waals surface area contributed by atoms with Crippen molar-refractivity contribution in [2.45, 2.75) is 31.3 Å². The fourth-order valence-electron chi connectivity index (χ4n) is 2.58. The molecule has 0 spiro atoms. The van der Waals surface area contributed by atoms with E-state index in [9.17, 15) is 8.42 Å². The van der Waals surface area contributed by atoms with Gasteiger partial charge in [-0.3, -0.25) is 0 Å². The number of nitrogens with one attached hydrogen (secondary N) is 1. The maximum atomic E-state index is 12.7. The van der Waals surface area contributed by atoms with Gasteiger partial charge in [0.05, 0.1) is 6.20 Å². The topological polar surface area (TPSA) is 92.1 Å². The molecule has 3 rings (SSSR count). The summed E-state index contributed by atoms with van der Waals surface area (Å²) in [5.74, 6) is 0.672. The number of hydrogen-bond donors (Lipinski definition) is 2. The molecule has 1 aromatic heterocycles. The lowest BCUT2D eigenvalue weighted by molar-refractivity contribution is 0.390. The van der Waals surface area contributed by atoms with Crippen LogP contribution < -0.4 is 5.73 Å². The van der Waals surface area contributed by atoms with Crippen LogP contribution in [0.25, 0.3) is 0 Å². The van der Waals surface area contributed by atoms with Gasteiger partial charge in [-0.15, -0.1) is 0 Å². The van der Waals surface area contributed by atoms with Gasteiger partial charge in [-0.1, -0.05) is 19.1 Å². The van der Waals surface area contributed by atoms with Gasteiger partial charge in [0.15, 0.2) is 5.03 Å². The summed E-state index contributed by atoms with van der Waals surface area (Å²) < 4.78 is 26.8. The minimum Gasteiger partial charge on any atom is -0.398 e. The van der Waals surface area contributed by atoms with Gasteiger partial charge < -0.3 is 10.7 Å². The molecule has 6 nitrogen and oxygen atoms in total. The van der Waals surface area contributed by atoms with E-state index in [1.54, 1.807) is 6.07 Å². The molecule has 1 aliphatic rings. The first-order chi connectivity index (χ1) is 10.0. The van der Waals surface area contributed by atoms with E-state index in [-0.39, 0.29) is 5.03 Å². The number of fused-ring (bicyclic) bond motifs is 1. The minimum atomic E-state index is -3.55. The highest BCUT2D eigenvalue weighted by Crippen LogP contribution is 2.27. The summed E-state index contributed by atoms with van der Waals surface area (Å²) in [4.78, 5) is 6.94. The Hall–Kier alpha value is -1.86. The SMILES string of the molecule is CCc1ncc(S(=O)(=O)N2CCc3cccc(N)c3C2)[nH]1. The molecule has 2 heterocycles. The van der Waals surface area contributed by atoms with Crippen LogP contribution in [0.3, 0.4) is 0 Å². The van der Waals surface area contributed by atoms with Crippen molar-refractivity contribution < 1.29 is 8.42 Å². The van der Waals surface area contributed by atoms with Gasteiger partial charge in [-0.05, 0) is 23.6 Å². The quantitative estimate of drug-likeness (QED) is 0.836. The molecule has 112 valence electrons. The highest BCUT2D eigenvalue weighted by molar-refractivity contribution is 7.89. The van der Waals surface area contributed by atoms with Crippen LogP contribution in [0.15, 0.2) is 29.4 Å². The van der Waals surface area contributed by atoms with E-state index >= 15 is 0 Å². The largest absolute Gasteiger partial charge is 0.398 e. The molecule has 0 radical (unpaired) electrons. The molecule has 1 aromatic carbocycles. The van der Waals surface area contributed by atoms with E-state index in [1.807, 2.05) is 19.1 Å². The van der Waals surface area contributed by atoms with E-state index in [0.29, 0.717) is 37.4 Å². The lowest BCUT2D eigenvalue weighted by Gasteiger charge is -2.28. The van der Waals surface area contributed by atoms with Crippen molar-refractivity contribution in [1.29, 1.82) is 0 Å². The lowest BCUT2D eigenvalue weighted by atomic mass is 10.00. The van der Waals surface area contributed by atoms with Crippen LogP contribution >= 0.6 is 0 Å². The van der Waals surface area contributed by atoms with E-state index in [0.717, 1.165) is 11.1 Å². The normalized spacial score (nSPS) is 15.9. The minimum absolute atomic E-state index is 0.150. The standard InChI is InChI=1S/C14H18N4O2S/c1-2-13-16-8-14(17-13)21(19,20)18-7-6-10-4-3-5-12(15)11(10)9-18/h3-5,8H,2,6-7,9,15H2,1H3,(H,16,17). The Balaban J connectivity index is 1.93. The number of anilines is 1. The van der Waals surface area contributed by atoms with Gasteiger partial charge in [-0.25, -0.2) is 13.4 Å². The van der Waals surface area contributed by atoms with E-state index < -0.39 is 10.0 Å². The predicted octanol–water partition coefficient (Wildman–Crippen LogP) is 1.30. The Morgan fingerprint density at radius 2 is 2.24 bits per heavy atom. The molecule has 0 aliphatic carbocycles. The Kier molecular flexibility index (Phi) is 3.46. The lowest BCUT2D eigenvalue weighted by Crippen LogP contribution is -2.36. The zero-order valence-corrected chi connectivity index (χ0v) is 12.7. The average molecular weight is 306 g/mol. The molecule has 0 bridgehead atoms. The number of sulfonamides is 1. The third kappa shape index (κ3) is 2.43. The number of aryl methyl sites for hydroxylation is 1. The predicted molar refractivity (Wildman–Crippen MR) is 80.1 cm³/mol. The van der Waals surface area contributed by atoms with E-state index in [1.165, 1.54) is 10.5 Å². The van der Waals surface area contributed by atoms with Crippen LogP contribution in [-0.4, -0.2) is 29.2 Å². The van der Waals surface area contributed by atoms with Gasteiger partial charge in [0.25, 0.3) is 10.0 Å². The smallest absolute Gasteiger partial charge is 0.260 e. The summed E-state index contributed by atoms with van der Waals surface area (Å²) in [5, 5.41) is 0.150. The Labute approximate surface area is 124 Å². The Morgan fingerprint density at radius 1 is 1.43 bits per heavy atom. The maximum Gasteiger partial charge on any atom is 0.260 e. The number of rotatable bonds is 3. The number of nitrogens with zero attached hydrogens (tertiary/aromatic N) is 2. The van der Waals surface area contributed by atoms with Crippen LogP contribution in [0.4, 0.5) is 5.69 Å². The van der Waals surface area contributed by atoms with Crippen molar-refractivity contribution in [2.75, 3.05) is 12.3 Å². The molecule has 0 atom stereocenters. The number of H-pyrrole nitrogens is 1. The maximum absolute atomic E-state index is 12.7. The highest BCUT2D eigenvalue weighted by Gasteiger charge is 2.30. The third-order valence-corrected chi connectivity index (χ3v) is 5.59. The molecule has 2 aromatic rings. The van der Waals surface area contributed by atoms with Gasteiger partial charge in [0.2, 0.25) is 0 Å². The zero-order valence-electron chi connectivity index (χ0n) is 11.8. The molecule has 0 amide bonds. The van der Waals surface area contributed by atoms with Gasteiger partial charge >= 0.3 is 0 Å². The number of benzene rings is 1. The number of hydrogen-bond acceptors (Lipinski definition) is 4. The van der Waals surface area contributed by atoms with Crippen molar-refractivity contribution in [3.05, 3.63) is 41.3 Å². The van der Waals surface area contributed by atoms with E-state index in [2.05, 4.69) is 9.97 Å². The third-order valence-electron chi connectivity index (χ3n) is 3.83. The van der Waals surface area contributed by atoms with Gasteiger partial charge in [-0.2, -0.15) is 4.31 Å². The van der Waals surface area contributed by atoms with Crippen molar-refractivity contribution in [1.82, 2.24) is 14.3 Å². The van der Waals surface area contributed by atoms with Gasteiger partial charge in [0, 0.05) is 25.2 Å². The Bertz CT molecular complexity index is 767. The second-order valence-electron chi connectivity index (χ2n) is 5.12. The number of imidazole rings is 1. The molecule has 0 saturated carbocycles. The van der Waals surface area contributed by atoms with Crippen LogP contribution in [0.1, 0.15) is 23.9 Å². The van der Waals surface area contributed by atoms with Gasteiger partial charge in [0.1, 0.15) is 5.82 Å². The molecular formula is C14H18N4O2S. The number of aromatic nitrogens is 2. The summed E-state index contributed by atoms with van der Waals surface area (Å²) in [5.41, 5.74) is 8.64. The van der Waals surface area contributed by atoms with Crippen LogP contribution in [-0.2, 0) is 29.4 Å². The first-order valence-corrected chi connectivity index (χ1v) is 8.36. The van der Waals surface area contributed by atoms with Crippen molar-refractivity contribution >= 4 is 15.7 Å². The second kappa shape index (κ2) is 5.16. The molecule has 3 N–H and O–H groups in total. The van der Waals surface area contributed by atoms with Crippen molar-refractivity contribution in [3.63, 3.8) is 0 Å². The molecule has 0 unspecified atom stereocenters. The summed E-state index contributed by atoms with van der Waals surface area (Å²) in [6.07, 6.45) is 2.73. The van der Waals surface area contributed by atoms with E-state index in [4.69, 9.17) is 5.73 Å². The number of nitrogen functional groups attached to an aromatic ring is 1. The summed E-state index contributed by atoms with van der Waals surface area (Å²) in [7, 11) is -3.55. The molecule has 21 heavy (non-hydrogen) atoms. The van der Waals surface area contributed by atoms with Crippen molar-refractivity contribution in [3.8, 4) is 0 Å².